The smallest absolute Gasteiger partial charge is 0.308 e. The molecular weight excluding hydrogens is 290 g/mol. The van der Waals surface area contributed by atoms with Crippen molar-refractivity contribution in [1.29, 1.82) is 0 Å². The Labute approximate surface area is 127 Å². The number of carbonyl (C=O) groups is 1. The van der Waals surface area contributed by atoms with Gasteiger partial charge in [-0.25, -0.2) is 0 Å². The molecule has 0 N–H and O–H groups in total. The normalized spacial score (nSPS) is 19.1. The summed E-state index contributed by atoms with van der Waals surface area (Å²) in [6.07, 6.45) is 5.03. The zero-order chi connectivity index (χ0) is 15.0. The molecule has 0 aromatic carbocycles. The number of esters is 1. The van der Waals surface area contributed by atoms with Crippen molar-refractivity contribution in [2.45, 2.75) is 26.6 Å². The van der Waals surface area contributed by atoms with Gasteiger partial charge in [0.15, 0.2) is 5.75 Å². The van der Waals surface area contributed by atoms with Crippen molar-refractivity contribution in [1.82, 2.24) is 4.98 Å². The van der Waals surface area contributed by atoms with Gasteiger partial charge in [0.2, 0.25) is 0 Å². The van der Waals surface area contributed by atoms with Gasteiger partial charge in [-0.15, -0.1) is 0 Å². The van der Waals surface area contributed by atoms with Crippen molar-refractivity contribution in [3.05, 3.63) is 57.2 Å². The van der Waals surface area contributed by atoms with Crippen LogP contribution < -0.4 is 4.74 Å². The molecular formula is C16H12ClNO3. The van der Waals surface area contributed by atoms with Gasteiger partial charge in [0.05, 0.1) is 17.3 Å². The minimum absolute atomic E-state index is 0.295. The number of hydrogen-bond donors (Lipinski definition) is 0. The van der Waals surface area contributed by atoms with Crippen LogP contribution in [0.5, 0.6) is 5.75 Å². The SMILES string of the molecule is CC(=O)Oc1c(C)ncc2c1COC2C1=C=C=C(Cl)C=C1. The lowest BCUT2D eigenvalue weighted by molar-refractivity contribution is -0.132. The zero-order valence-electron chi connectivity index (χ0n) is 11.6. The second kappa shape index (κ2) is 5.36. The summed E-state index contributed by atoms with van der Waals surface area (Å²) < 4.78 is 11.1. The molecule has 2 aliphatic rings. The van der Waals surface area contributed by atoms with E-state index in [1.807, 2.05) is 6.08 Å². The van der Waals surface area contributed by atoms with Crippen LogP contribution in [-0.2, 0) is 16.1 Å². The first-order chi connectivity index (χ1) is 10.1. The lowest BCUT2D eigenvalue weighted by Crippen LogP contribution is -2.07. The molecule has 0 bridgehead atoms. The molecule has 3 rings (SSSR count). The van der Waals surface area contributed by atoms with Gasteiger partial charge in [-0.3, -0.25) is 9.78 Å². The van der Waals surface area contributed by atoms with Gasteiger partial charge in [-0.1, -0.05) is 17.3 Å². The number of carbonyl (C=O) groups excluding carboxylic acids is 1. The van der Waals surface area contributed by atoms with E-state index in [0.717, 1.165) is 16.7 Å². The third kappa shape index (κ3) is 2.58. The van der Waals surface area contributed by atoms with Gasteiger partial charge in [0.1, 0.15) is 6.10 Å². The maximum atomic E-state index is 11.2. The van der Waals surface area contributed by atoms with Crippen LogP contribution in [-0.4, -0.2) is 11.0 Å². The van der Waals surface area contributed by atoms with Gasteiger partial charge in [-0.05, 0) is 24.8 Å². The van der Waals surface area contributed by atoms with Crippen molar-refractivity contribution in [2.75, 3.05) is 0 Å². The molecule has 0 radical (unpaired) electrons. The highest BCUT2D eigenvalue weighted by atomic mass is 35.5. The fourth-order valence-electron chi connectivity index (χ4n) is 2.35. The Morgan fingerprint density at radius 2 is 2.29 bits per heavy atom. The van der Waals surface area contributed by atoms with Crippen LogP contribution in [0.25, 0.3) is 0 Å². The van der Waals surface area contributed by atoms with E-state index in [2.05, 4.69) is 16.4 Å². The summed E-state index contributed by atoms with van der Waals surface area (Å²) in [4.78, 5) is 15.5. The number of pyridine rings is 1. The minimum Gasteiger partial charge on any atom is -0.424 e. The van der Waals surface area contributed by atoms with Crippen molar-refractivity contribution >= 4 is 17.6 Å². The molecule has 0 saturated carbocycles. The topological polar surface area (TPSA) is 48.4 Å². The number of allylic oxidation sites excluding steroid dienone is 2. The van der Waals surface area contributed by atoms with E-state index in [-0.39, 0.29) is 12.1 Å². The molecule has 21 heavy (non-hydrogen) atoms. The molecule has 0 spiro atoms. The number of hydrogen-bond acceptors (Lipinski definition) is 4. The Balaban J connectivity index is 2.07. The molecule has 2 heterocycles. The maximum Gasteiger partial charge on any atom is 0.308 e. The Kier molecular flexibility index (Phi) is 3.54. The Morgan fingerprint density at radius 3 is 2.95 bits per heavy atom. The number of fused-ring (bicyclic) bond motifs is 1. The molecule has 106 valence electrons. The Morgan fingerprint density at radius 1 is 1.48 bits per heavy atom. The van der Waals surface area contributed by atoms with Crippen LogP contribution >= 0.6 is 11.6 Å². The predicted molar refractivity (Wildman–Crippen MR) is 76.9 cm³/mol. The quantitative estimate of drug-likeness (QED) is 0.621. The second-order valence-corrected chi connectivity index (χ2v) is 5.19. The van der Waals surface area contributed by atoms with E-state index in [1.54, 1.807) is 19.2 Å². The molecule has 5 heteroatoms. The van der Waals surface area contributed by atoms with Crippen molar-refractivity contribution in [3.8, 4) is 5.75 Å². The largest absolute Gasteiger partial charge is 0.424 e. The monoisotopic (exact) mass is 301 g/mol. The van der Waals surface area contributed by atoms with Gasteiger partial charge in [-0.2, -0.15) is 0 Å². The molecule has 1 atom stereocenters. The van der Waals surface area contributed by atoms with Gasteiger partial charge in [0.25, 0.3) is 0 Å². The second-order valence-electron chi connectivity index (χ2n) is 4.78. The van der Waals surface area contributed by atoms with Gasteiger partial charge >= 0.3 is 5.97 Å². The number of aromatic nitrogens is 1. The molecule has 1 aliphatic heterocycles. The molecule has 1 unspecified atom stereocenters. The first-order valence-electron chi connectivity index (χ1n) is 6.44. The fourth-order valence-corrected chi connectivity index (χ4v) is 2.46. The Bertz CT molecular complexity index is 766. The highest BCUT2D eigenvalue weighted by Crippen LogP contribution is 2.41. The lowest BCUT2D eigenvalue weighted by Gasteiger charge is -2.12. The highest BCUT2D eigenvalue weighted by Gasteiger charge is 2.30. The number of ether oxygens (including phenoxy) is 2. The summed E-state index contributed by atoms with van der Waals surface area (Å²) in [5.74, 6) is 0.114. The Hall–Kier alpha value is -2.09. The summed E-state index contributed by atoms with van der Waals surface area (Å²) in [7, 11) is 0. The van der Waals surface area contributed by atoms with Crippen molar-refractivity contribution < 1.29 is 14.3 Å². The molecule has 0 saturated heterocycles. The summed E-state index contributed by atoms with van der Waals surface area (Å²) in [5, 5.41) is 0.500. The third-order valence-electron chi connectivity index (χ3n) is 3.29. The number of rotatable bonds is 2. The van der Waals surface area contributed by atoms with E-state index in [1.165, 1.54) is 6.92 Å². The zero-order valence-corrected chi connectivity index (χ0v) is 12.3. The van der Waals surface area contributed by atoms with E-state index >= 15 is 0 Å². The van der Waals surface area contributed by atoms with Gasteiger partial charge < -0.3 is 9.47 Å². The van der Waals surface area contributed by atoms with Crippen LogP contribution in [0, 0.1) is 6.92 Å². The molecule has 0 fully saturated rings. The number of nitrogens with zero attached hydrogens (tertiary/aromatic N) is 1. The first-order valence-corrected chi connectivity index (χ1v) is 6.82. The predicted octanol–water partition coefficient (Wildman–Crippen LogP) is 3.26. The first kappa shape index (κ1) is 13.9. The van der Waals surface area contributed by atoms with Crippen molar-refractivity contribution in [3.63, 3.8) is 0 Å². The van der Waals surface area contributed by atoms with E-state index in [9.17, 15) is 4.79 Å². The van der Waals surface area contributed by atoms with E-state index < -0.39 is 0 Å². The van der Waals surface area contributed by atoms with Crippen LogP contribution in [0.1, 0.15) is 29.8 Å². The molecule has 0 amide bonds. The van der Waals surface area contributed by atoms with Gasteiger partial charge in [0, 0.05) is 29.8 Å². The fraction of sp³-hybridized carbons (Fsp3) is 0.250. The van der Waals surface area contributed by atoms with Crippen LogP contribution in [0.3, 0.4) is 0 Å². The van der Waals surface area contributed by atoms with Crippen molar-refractivity contribution in [2.24, 2.45) is 0 Å². The van der Waals surface area contributed by atoms with Crippen LogP contribution in [0.4, 0.5) is 0 Å². The lowest BCUT2D eigenvalue weighted by atomic mass is 9.99. The molecule has 1 aromatic heterocycles. The highest BCUT2D eigenvalue weighted by molar-refractivity contribution is 6.31. The molecule has 1 aromatic rings. The molecule has 1 aliphatic carbocycles. The van der Waals surface area contributed by atoms with Crippen LogP contribution in [0.2, 0.25) is 0 Å². The summed E-state index contributed by atoms with van der Waals surface area (Å²) in [6.45, 7) is 3.53. The van der Waals surface area contributed by atoms with E-state index in [0.29, 0.717) is 23.1 Å². The third-order valence-corrected chi connectivity index (χ3v) is 3.51. The standard InChI is InChI=1S/C16H12ClNO3/c1-9-15(21-10(2)19)14-8-20-16(13(14)7-18-9)11-3-5-12(17)6-4-11/h3,5,7,16H,8H2,1-2H3. The minimum atomic E-state index is -0.372. The number of aryl methyl sites for hydroxylation is 1. The summed E-state index contributed by atoms with van der Waals surface area (Å²) in [6, 6.07) is 0. The average Bonchev–Trinajstić information content (AvgIpc) is 2.87. The van der Waals surface area contributed by atoms with Crippen LogP contribution in [0.15, 0.2) is 40.4 Å². The summed E-state index contributed by atoms with van der Waals surface area (Å²) in [5.41, 5.74) is 9.01. The molecule has 4 nitrogen and oxygen atoms in total. The average molecular weight is 302 g/mol. The maximum absolute atomic E-state index is 11.2. The number of halogens is 1. The van der Waals surface area contributed by atoms with E-state index in [4.69, 9.17) is 21.1 Å². The summed E-state index contributed by atoms with van der Waals surface area (Å²) >= 11 is 5.82.